The van der Waals surface area contributed by atoms with Crippen LogP contribution in [-0.4, -0.2) is 16.4 Å². The van der Waals surface area contributed by atoms with E-state index < -0.39 is 11.4 Å². The van der Waals surface area contributed by atoms with Crippen molar-refractivity contribution in [1.82, 2.24) is 10.3 Å². The van der Waals surface area contributed by atoms with Crippen molar-refractivity contribution in [3.63, 3.8) is 0 Å². The molecule has 0 radical (unpaired) electrons. The van der Waals surface area contributed by atoms with Gasteiger partial charge in [0.05, 0.1) is 10.2 Å². The van der Waals surface area contributed by atoms with Crippen LogP contribution in [0.4, 0.5) is 5.69 Å². The van der Waals surface area contributed by atoms with E-state index in [4.69, 9.17) is 0 Å². The second-order valence-corrected chi connectivity index (χ2v) is 8.62. The number of anilines is 1. The van der Waals surface area contributed by atoms with Gasteiger partial charge in [-0.2, -0.15) is 5.26 Å². The largest absolute Gasteiger partial charge is 0.360 e. The van der Waals surface area contributed by atoms with Gasteiger partial charge in [-0.1, -0.05) is 6.07 Å². The highest BCUT2D eigenvalue weighted by Gasteiger charge is 2.17. The number of aryl methyl sites for hydroxylation is 1. The van der Waals surface area contributed by atoms with E-state index in [0.29, 0.717) is 0 Å². The lowest BCUT2D eigenvalue weighted by Gasteiger charge is -2.20. The number of carbonyl (C=O) groups is 1. The monoisotopic (exact) mass is 390 g/mol. The molecule has 2 aromatic carbocycles. The Labute approximate surface area is 168 Å². The molecule has 3 aromatic rings. The Hall–Kier alpha value is -3.17. The maximum atomic E-state index is 12.1. The van der Waals surface area contributed by atoms with Gasteiger partial charge in [-0.05, 0) is 69.7 Å². The third-order valence-electron chi connectivity index (χ3n) is 3.91. The molecule has 1 aromatic heterocycles. The van der Waals surface area contributed by atoms with Crippen molar-refractivity contribution in [3.8, 4) is 16.6 Å². The van der Waals surface area contributed by atoms with Crippen molar-refractivity contribution < 1.29 is 4.79 Å². The van der Waals surface area contributed by atoms with Crippen LogP contribution in [0, 0.1) is 18.3 Å². The number of rotatable bonds is 4. The standard InChI is InChI=1S/C22H22N4OS/c1-14-5-10-18-19(11-14)28-21(25-18)15-6-8-17(9-7-15)24-13-16(12-23)20(27)26-22(2,3)4/h5-11,13,24H,1-4H3,(H,26,27)/b16-13-. The van der Waals surface area contributed by atoms with E-state index in [-0.39, 0.29) is 5.57 Å². The summed E-state index contributed by atoms with van der Waals surface area (Å²) in [4.78, 5) is 16.8. The molecule has 0 spiro atoms. The fourth-order valence-corrected chi connectivity index (χ4v) is 3.65. The van der Waals surface area contributed by atoms with Crippen molar-refractivity contribution in [2.24, 2.45) is 0 Å². The number of fused-ring (bicyclic) bond motifs is 1. The lowest BCUT2D eigenvalue weighted by Crippen LogP contribution is -2.41. The quantitative estimate of drug-likeness (QED) is 0.485. The maximum absolute atomic E-state index is 12.1. The van der Waals surface area contributed by atoms with Crippen molar-refractivity contribution in [3.05, 3.63) is 59.8 Å². The number of carbonyl (C=O) groups excluding carboxylic acids is 1. The van der Waals surface area contributed by atoms with Gasteiger partial charge >= 0.3 is 0 Å². The highest BCUT2D eigenvalue weighted by molar-refractivity contribution is 7.21. The first kappa shape index (κ1) is 19.6. The van der Waals surface area contributed by atoms with Crippen LogP contribution in [0.15, 0.2) is 54.2 Å². The second kappa shape index (κ2) is 7.83. The molecule has 1 heterocycles. The van der Waals surface area contributed by atoms with Crippen molar-refractivity contribution in [2.75, 3.05) is 5.32 Å². The van der Waals surface area contributed by atoms with Gasteiger partial charge in [0.25, 0.3) is 5.91 Å². The first-order valence-corrected chi connectivity index (χ1v) is 9.74. The molecule has 0 bridgehead atoms. The zero-order valence-electron chi connectivity index (χ0n) is 16.3. The van der Waals surface area contributed by atoms with Gasteiger partial charge in [0.1, 0.15) is 16.6 Å². The summed E-state index contributed by atoms with van der Waals surface area (Å²) < 4.78 is 1.17. The maximum Gasteiger partial charge on any atom is 0.263 e. The van der Waals surface area contributed by atoms with Crippen LogP contribution in [0.25, 0.3) is 20.8 Å². The second-order valence-electron chi connectivity index (χ2n) is 7.59. The van der Waals surface area contributed by atoms with E-state index in [1.807, 2.05) is 57.2 Å². The number of hydrogen-bond donors (Lipinski definition) is 2. The van der Waals surface area contributed by atoms with E-state index in [0.717, 1.165) is 21.8 Å². The summed E-state index contributed by atoms with van der Waals surface area (Å²) in [5.41, 5.74) is 3.67. The fourth-order valence-electron chi connectivity index (χ4n) is 2.58. The number of nitrogens with zero attached hydrogens (tertiary/aromatic N) is 2. The van der Waals surface area contributed by atoms with Gasteiger partial charge < -0.3 is 10.6 Å². The number of amides is 1. The Kier molecular flexibility index (Phi) is 5.48. The molecular weight excluding hydrogens is 368 g/mol. The zero-order valence-corrected chi connectivity index (χ0v) is 17.1. The van der Waals surface area contributed by atoms with Crippen LogP contribution in [0.1, 0.15) is 26.3 Å². The van der Waals surface area contributed by atoms with E-state index in [2.05, 4.69) is 34.7 Å². The molecule has 28 heavy (non-hydrogen) atoms. The summed E-state index contributed by atoms with van der Waals surface area (Å²) in [5, 5.41) is 16.0. The molecule has 0 unspecified atom stereocenters. The van der Waals surface area contributed by atoms with Gasteiger partial charge in [-0.15, -0.1) is 11.3 Å². The average Bonchev–Trinajstić information content (AvgIpc) is 3.04. The minimum Gasteiger partial charge on any atom is -0.360 e. The molecule has 0 aliphatic carbocycles. The summed E-state index contributed by atoms with van der Waals surface area (Å²) >= 11 is 1.66. The van der Waals surface area contributed by atoms with Crippen LogP contribution in [0.3, 0.4) is 0 Å². The molecule has 1 amide bonds. The lowest BCUT2D eigenvalue weighted by atomic mass is 10.1. The summed E-state index contributed by atoms with van der Waals surface area (Å²) in [6, 6.07) is 15.9. The van der Waals surface area contributed by atoms with Gasteiger partial charge in [0, 0.05) is 23.0 Å². The molecule has 3 rings (SSSR count). The molecule has 2 N–H and O–H groups in total. The zero-order chi connectivity index (χ0) is 20.3. The number of thiazole rings is 1. The van der Waals surface area contributed by atoms with Gasteiger partial charge in [-0.25, -0.2) is 4.98 Å². The lowest BCUT2D eigenvalue weighted by molar-refractivity contribution is -0.118. The van der Waals surface area contributed by atoms with E-state index >= 15 is 0 Å². The minimum absolute atomic E-state index is 0.0283. The molecule has 142 valence electrons. The molecule has 0 saturated carbocycles. The van der Waals surface area contributed by atoms with Crippen LogP contribution in [0.2, 0.25) is 0 Å². The van der Waals surface area contributed by atoms with Crippen LogP contribution < -0.4 is 10.6 Å². The number of aromatic nitrogens is 1. The molecule has 0 fully saturated rings. The number of nitrogens with one attached hydrogen (secondary N) is 2. The van der Waals surface area contributed by atoms with Crippen LogP contribution in [0.5, 0.6) is 0 Å². The Morgan fingerprint density at radius 3 is 2.54 bits per heavy atom. The highest BCUT2D eigenvalue weighted by Crippen LogP contribution is 2.31. The predicted octanol–water partition coefficient (Wildman–Crippen LogP) is 5.01. The number of nitriles is 1. The third kappa shape index (κ3) is 4.76. The summed E-state index contributed by atoms with van der Waals surface area (Å²) in [5.74, 6) is -0.399. The Bertz CT molecular complexity index is 1080. The Morgan fingerprint density at radius 1 is 1.18 bits per heavy atom. The van der Waals surface area contributed by atoms with Gasteiger partial charge in [0.15, 0.2) is 0 Å². The first-order chi connectivity index (χ1) is 13.2. The van der Waals surface area contributed by atoms with Crippen molar-refractivity contribution >= 4 is 33.1 Å². The van der Waals surface area contributed by atoms with Gasteiger partial charge in [-0.3, -0.25) is 4.79 Å². The molecule has 0 saturated heterocycles. The van der Waals surface area contributed by atoms with E-state index in [9.17, 15) is 10.1 Å². The summed E-state index contributed by atoms with van der Waals surface area (Å²) in [7, 11) is 0. The molecule has 6 heteroatoms. The number of hydrogen-bond acceptors (Lipinski definition) is 5. The van der Waals surface area contributed by atoms with Gasteiger partial charge in [0.2, 0.25) is 0 Å². The van der Waals surface area contributed by atoms with Crippen molar-refractivity contribution in [2.45, 2.75) is 33.2 Å². The Morgan fingerprint density at radius 2 is 1.89 bits per heavy atom. The highest BCUT2D eigenvalue weighted by atomic mass is 32.1. The average molecular weight is 391 g/mol. The third-order valence-corrected chi connectivity index (χ3v) is 4.98. The fraction of sp³-hybridized carbons (Fsp3) is 0.227. The van der Waals surface area contributed by atoms with E-state index in [1.165, 1.54) is 16.5 Å². The minimum atomic E-state index is -0.399. The van der Waals surface area contributed by atoms with E-state index in [1.54, 1.807) is 11.3 Å². The molecule has 0 aliphatic rings. The normalized spacial score (nSPS) is 11.9. The topological polar surface area (TPSA) is 77.8 Å². The molecule has 5 nitrogen and oxygen atoms in total. The Balaban J connectivity index is 1.74. The smallest absolute Gasteiger partial charge is 0.263 e. The van der Waals surface area contributed by atoms with Crippen LogP contribution >= 0.6 is 11.3 Å². The molecule has 0 atom stereocenters. The predicted molar refractivity (Wildman–Crippen MR) is 115 cm³/mol. The van der Waals surface area contributed by atoms with Crippen molar-refractivity contribution in [1.29, 1.82) is 5.26 Å². The summed E-state index contributed by atoms with van der Waals surface area (Å²) in [6.45, 7) is 7.68. The number of benzene rings is 2. The molecule has 0 aliphatic heterocycles. The summed E-state index contributed by atoms with van der Waals surface area (Å²) in [6.07, 6.45) is 1.43. The SMILES string of the molecule is Cc1ccc2nc(-c3ccc(N/C=C(/C#N)C(=O)NC(C)(C)C)cc3)sc2c1. The van der Waals surface area contributed by atoms with Crippen LogP contribution in [-0.2, 0) is 4.79 Å². The molecular formula is C22H22N4OS. The first-order valence-electron chi connectivity index (χ1n) is 8.92.